The molecule has 0 fully saturated rings. The number of ether oxygens (including phenoxy) is 2. The molecular weight excluding hydrogens is 286 g/mol. The summed E-state index contributed by atoms with van der Waals surface area (Å²) in [6.45, 7) is 3.41. The molecule has 0 radical (unpaired) electrons. The first kappa shape index (κ1) is 16.1. The van der Waals surface area contributed by atoms with E-state index in [0.29, 0.717) is 19.8 Å². The first-order chi connectivity index (χ1) is 10.6. The third kappa shape index (κ3) is 4.36. The zero-order valence-corrected chi connectivity index (χ0v) is 12.8. The fourth-order valence-corrected chi connectivity index (χ4v) is 2.28. The van der Waals surface area contributed by atoms with Gasteiger partial charge in [-0.2, -0.15) is 0 Å². The van der Waals surface area contributed by atoms with Crippen molar-refractivity contribution in [3.63, 3.8) is 0 Å². The molecule has 0 aliphatic carbocycles. The van der Waals surface area contributed by atoms with Crippen molar-refractivity contribution in [1.29, 1.82) is 0 Å². The highest BCUT2D eigenvalue weighted by atomic mass is 16.5. The molecule has 120 valence electrons. The number of urea groups is 1. The molecule has 2 rings (SSSR count). The Kier molecular flexibility index (Phi) is 5.60. The second-order valence-electron chi connectivity index (χ2n) is 5.12. The minimum absolute atomic E-state index is 0.104. The lowest BCUT2D eigenvalue weighted by molar-refractivity contribution is -0.118. The van der Waals surface area contributed by atoms with Crippen LogP contribution in [0.15, 0.2) is 24.3 Å². The summed E-state index contributed by atoms with van der Waals surface area (Å²) >= 11 is 0. The number of nitrogens with zero attached hydrogens (tertiary/aromatic N) is 1. The Morgan fingerprint density at radius 1 is 1.41 bits per heavy atom. The van der Waals surface area contributed by atoms with Crippen molar-refractivity contribution in [2.75, 3.05) is 38.3 Å². The summed E-state index contributed by atoms with van der Waals surface area (Å²) in [5.41, 5.74) is 0.858. The van der Waals surface area contributed by atoms with Gasteiger partial charge in [0.1, 0.15) is 12.4 Å². The number of nitrogens with one attached hydrogen (secondary N) is 2. The highest BCUT2D eigenvalue weighted by Crippen LogP contribution is 2.30. The quantitative estimate of drug-likeness (QED) is 0.839. The zero-order valence-electron chi connectivity index (χ0n) is 12.8. The van der Waals surface area contributed by atoms with E-state index >= 15 is 0 Å². The van der Waals surface area contributed by atoms with Gasteiger partial charge in [0.05, 0.1) is 31.4 Å². The normalized spacial score (nSPS) is 14.5. The van der Waals surface area contributed by atoms with Crippen LogP contribution < -0.4 is 20.3 Å². The van der Waals surface area contributed by atoms with E-state index in [-0.39, 0.29) is 18.5 Å². The topological polar surface area (TPSA) is 79.9 Å². The predicted octanol–water partition coefficient (Wildman–Crippen LogP) is 0.746. The van der Waals surface area contributed by atoms with E-state index in [9.17, 15) is 9.59 Å². The van der Waals surface area contributed by atoms with Gasteiger partial charge in [-0.1, -0.05) is 12.1 Å². The maximum atomic E-state index is 12.0. The number of fused-ring (bicyclic) bond motifs is 1. The summed E-state index contributed by atoms with van der Waals surface area (Å²) in [6, 6.07) is 6.84. The third-order valence-electron chi connectivity index (χ3n) is 3.21. The molecule has 0 bridgehead atoms. The summed E-state index contributed by atoms with van der Waals surface area (Å²) in [6.07, 6.45) is 0. The maximum Gasteiger partial charge on any atom is 0.321 e. The van der Waals surface area contributed by atoms with Crippen molar-refractivity contribution in [2.45, 2.75) is 13.0 Å². The molecule has 1 unspecified atom stereocenters. The fourth-order valence-electron chi connectivity index (χ4n) is 2.28. The van der Waals surface area contributed by atoms with Gasteiger partial charge in [0.2, 0.25) is 5.91 Å². The molecule has 0 saturated carbocycles. The Morgan fingerprint density at radius 3 is 2.95 bits per heavy atom. The largest absolute Gasteiger partial charge is 0.490 e. The van der Waals surface area contributed by atoms with Crippen LogP contribution in [0, 0.1) is 0 Å². The van der Waals surface area contributed by atoms with Crippen LogP contribution in [0.4, 0.5) is 10.5 Å². The van der Waals surface area contributed by atoms with Crippen LogP contribution in [0.25, 0.3) is 0 Å². The highest BCUT2D eigenvalue weighted by Gasteiger charge is 2.20. The van der Waals surface area contributed by atoms with Crippen LogP contribution in [-0.2, 0) is 9.53 Å². The van der Waals surface area contributed by atoms with E-state index in [1.807, 2.05) is 29.2 Å². The van der Waals surface area contributed by atoms with Gasteiger partial charge >= 0.3 is 6.03 Å². The molecule has 1 aromatic carbocycles. The minimum Gasteiger partial charge on any atom is -0.490 e. The number of carbonyl (C=O) groups is 2. The molecule has 3 amide bonds. The van der Waals surface area contributed by atoms with Gasteiger partial charge in [-0.25, -0.2) is 4.79 Å². The van der Waals surface area contributed by atoms with E-state index in [4.69, 9.17) is 9.47 Å². The Labute approximate surface area is 129 Å². The molecule has 1 atom stereocenters. The molecule has 0 spiro atoms. The number of para-hydroxylation sites is 2. The summed E-state index contributed by atoms with van der Waals surface area (Å²) in [7, 11) is 1.55. The SMILES string of the molecule is COCC(C)NC(=O)NC(=O)CN1CCOc2ccccc21. The Bertz CT molecular complexity index is 535. The Balaban J connectivity index is 1.86. The fraction of sp³-hybridized carbons (Fsp3) is 0.467. The number of carbonyl (C=O) groups excluding carboxylic acids is 2. The Hall–Kier alpha value is -2.28. The summed E-state index contributed by atoms with van der Waals surface area (Å²) in [5, 5.41) is 4.95. The van der Waals surface area contributed by atoms with Crippen molar-refractivity contribution in [2.24, 2.45) is 0 Å². The molecule has 0 aromatic heterocycles. The molecule has 0 saturated heterocycles. The van der Waals surface area contributed by atoms with Gasteiger partial charge in [-0.05, 0) is 19.1 Å². The summed E-state index contributed by atoms with van der Waals surface area (Å²) < 4.78 is 10.4. The van der Waals surface area contributed by atoms with Crippen LogP contribution in [0.2, 0.25) is 0 Å². The van der Waals surface area contributed by atoms with E-state index in [1.165, 1.54) is 0 Å². The third-order valence-corrected chi connectivity index (χ3v) is 3.21. The summed E-state index contributed by atoms with van der Waals surface area (Å²) in [4.78, 5) is 25.6. The molecule has 7 nitrogen and oxygen atoms in total. The van der Waals surface area contributed by atoms with Crippen LogP contribution in [0.5, 0.6) is 5.75 Å². The van der Waals surface area contributed by atoms with Crippen molar-refractivity contribution in [3.05, 3.63) is 24.3 Å². The smallest absolute Gasteiger partial charge is 0.321 e. The lowest BCUT2D eigenvalue weighted by atomic mass is 10.2. The van der Waals surface area contributed by atoms with Gasteiger partial charge in [-0.15, -0.1) is 0 Å². The molecule has 22 heavy (non-hydrogen) atoms. The number of rotatable bonds is 5. The van der Waals surface area contributed by atoms with Crippen molar-refractivity contribution < 1.29 is 19.1 Å². The van der Waals surface area contributed by atoms with Crippen LogP contribution in [0.3, 0.4) is 0 Å². The highest BCUT2D eigenvalue weighted by molar-refractivity contribution is 5.96. The van der Waals surface area contributed by atoms with Gasteiger partial charge in [-0.3, -0.25) is 10.1 Å². The number of amides is 3. The molecule has 1 aliphatic rings. The number of imide groups is 1. The molecule has 1 heterocycles. The maximum absolute atomic E-state index is 12.0. The summed E-state index contributed by atoms with van der Waals surface area (Å²) in [5.74, 6) is 0.388. The van der Waals surface area contributed by atoms with Crippen LogP contribution in [-0.4, -0.2) is 51.4 Å². The van der Waals surface area contributed by atoms with Crippen molar-refractivity contribution >= 4 is 17.6 Å². The first-order valence-corrected chi connectivity index (χ1v) is 7.16. The molecule has 2 N–H and O–H groups in total. The number of methoxy groups -OCH3 is 1. The number of hydrogen-bond donors (Lipinski definition) is 2. The van der Waals surface area contributed by atoms with Crippen molar-refractivity contribution in [1.82, 2.24) is 10.6 Å². The molecule has 1 aliphatic heterocycles. The second kappa shape index (κ2) is 7.65. The lowest BCUT2D eigenvalue weighted by Crippen LogP contribution is -2.48. The number of anilines is 1. The lowest BCUT2D eigenvalue weighted by Gasteiger charge is -2.30. The van der Waals surface area contributed by atoms with E-state index < -0.39 is 6.03 Å². The monoisotopic (exact) mass is 307 g/mol. The number of hydrogen-bond acceptors (Lipinski definition) is 5. The standard InChI is InChI=1S/C15H21N3O4/c1-11(10-21-2)16-15(20)17-14(19)9-18-7-8-22-13-6-4-3-5-12(13)18/h3-6,11H,7-10H2,1-2H3,(H2,16,17,19,20). The number of benzene rings is 1. The zero-order chi connectivity index (χ0) is 15.9. The van der Waals surface area contributed by atoms with Gasteiger partial charge in [0, 0.05) is 7.11 Å². The molecule has 7 heteroatoms. The molecule has 1 aromatic rings. The van der Waals surface area contributed by atoms with Crippen LogP contribution >= 0.6 is 0 Å². The van der Waals surface area contributed by atoms with E-state index in [0.717, 1.165) is 11.4 Å². The predicted molar refractivity (Wildman–Crippen MR) is 82.2 cm³/mol. The first-order valence-electron chi connectivity index (χ1n) is 7.16. The Morgan fingerprint density at radius 2 is 2.18 bits per heavy atom. The average Bonchev–Trinajstić information content (AvgIpc) is 2.47. The van der Waals surface area contributed by atoms with Crippen molar-refractivity contribution in [3.8, 4) is 5.75 Å². The second-order valence-corrected chi connectivity index (χ2v) is 5.12. The van der Waals surface area contributed by atoms with Crippen LogP contribution in [0.1, 0.15) is 6.92 Å². The van der Waals surface area contributed by atoms with Gasteiger partial charge in [0.25, 0.3) is 0 Å². The van der Waals surface area contributed by atoms with Gasteiger partial charge in [0.15, 0.2) is 0 Å². The van der Waals surface area contributed by atoms with E-state index in [1.54, 1.807) is 14.0 Å². The molecular formula is C15H21N3O4. The average molecular weight is 307 g/mol. The van der Waals surface area contributed by atoms with Gasteiger partial charge < -0.3 is 19.7 Å². The van der Waals surface area contributed by atoms with E-state index in [2.05, 4.69) is 10.6 Å². The minimum atomic E-state index is -0.518.